The summed E-state index contributed by atoms with van der Waals surface area (Å²) in [6, 6.07) is 11.7. The summed E-state index contributed by atoms with van der Waals surface area (Å²) in [7, 11) is 0. The molecule has 6 rings (SSSR count). The molecule has 1 atom stereocenters. The summed E-state index contributed by atoms with van der Waals surface area (Å²) in [6.07, 6.45) is -7.20. The van der Waals surface area contributed by atoms with E-state index in [2.05, 4.69) is 9.97 Å². The van der Waals surface area contributed by atoms with E-state index in [1.54, 1.807) is 29.1 Å². The lowest BCUT2D eigenvalue weighted by atomic mass is 9.90. The van der Waals surface area contributed by atoms with Gasteiger partial charge in [0.15, 0.2) is 0 Å². The number of nitrogens with one attached hydrogen (secondary N) is 1. The number of piperidine rings is 1. The number of imidazole rings is 1. The fraction of sp³-hybridized carbons (Fsp3) is 0.412. The molecule has 3 N–H and O–H groups in total. The van der Waals surface area contributed by atoms with Gasteiger partial charge in [0.05, 0.1) is 33.8 Å². The number of alkyl halides is 6. The third-order valence-electron chi connectivity index (χ3n) is 9.53. The molecule has 0 unspecified atom stereocenters. The van der Waals surface area contributed by atoms with Gasteiger partial charge in [-0.15, -0.1) is 0 Å². The molecular weight excluding hydrogens is 668 g/mol. The van der Waals surface area contributed by atoms with Crippen molar-refractivity contribution in [2.75, 3.05) is 49.9 Å². The SMILES string of the molecule is Nc1c(C(F)(F)F)cc(C[C@@H](CC(=O)N2CCC(n3c(=O)[nH]c4ccccc43)CC2)C(=O)N2CCN(c3ccncc3)CC2)cc1C(F)(F)F. The first-order valence-electron chi connectivity index (χ1n) is 16.2. The number of halogens is 6. The van der Waals surface area contributed by atoms with Crippen molar-refractivity contribution in [1.82, 2.24) is 24.3 Å². The molecule has 0 spiro atoms. The second kappa shape index (κ2) is 13.7. The molecule has 2 aliphatic heterocycles. The Hall–Kier alpha value is -5.02. The molecule has 2 amide bonds. The van der Waals surface area contributed by atoms with E-state index in [9.17, 15) is 40.7 Å². The van der Waals surface area contributed by atoms with E-state index in [1.165, 1.54) is 9.80 Å². The molecule has 16 heteroatoms. The van der Waals surface area contributed by atoms with Gasteiger partial charge in [0.1, 0.15) is 0 Å². The molecule has 266 valence electrons. The molecule has 2 saturated heterocycles. The van der Waals surface area contributed by atoms with Crippen molar-refractivity contribution in [2.24, 2.45) is 5.92 Å². The molecule has 2 aromatic heterocycles. The molecule has 0 saturated carbocycles. The van der Waals surface area contributed by atoms with Crippen molar-refractivity contribution in [1.29, 1.82) is 0 Å². The minimum atomic E-state index is -5.18. The van der Waals surface area contributed by atoms with E-state index in [1.807, 2.05) is 29.2 Å². The van der Waals surface area contributed by atoms with Crippen LogP contribution >= 0.6 is 0 Å². The average Bonchev–Trinajstić information content (AvgIpc) is 3.43. The lowest BCUT2D eigenvalue weighted by Gasteiger charge is -2.38. The van der Waals surface area contributed by atoms with Gasteiger partial charge in [0.25, 0.3) is 0 Å². The van der Waals surface area contributed by atoms with Crippen LogP contribution in [0.25, 0.3) is 11.0 Å². The van der Waals surface area contributed by atoms with Gasteiger partial charge in [-0.25, -0.2) is 4.79 Å². The van der Waals surface area contributed by atoms with Crippen LogP contribution in [0.5, 0.6) is 0 Å². The van der Waals surface area contributed by atoms with Crippen molar-refractivity contribution in [3.05, 3.63) is 88.1 Å². The molecular formula is C34H35F6N7O3. The Balaban J connectivity index is 1.22. The molecule has 10 nitrogen and oxygen atoms in total. The Labute approximate surface area is 282 Å². The second-order valence-electron chi connectivity index (χ2n) is 12.7. The van der Waals surface area contributed by atoms with Gasteiger partial charge < -0.3 is 25.4 Å². The number of para-hydroxylation sites is 2. The van der Waals surface area contributed by atoms with E-state index in [0.717, 1.165) is 11.2 Å². The molecule has 2 fully saturated rings. The number of H-pyrrole nitrogens is 1. The van der Waals surface area contributed by atoms with Gasteiger partial charge in [0.2, 0.25) is 11.8 Å². The van der Waals surface area contributed by atoms with E-state index in [4.69, 9.17) is 5.73 Å². The minimum absolute atomic E-state index is 0.201. The van der Waals surface area contributed by atoms with Crippen LogP contribution in [0.3, 0.4) is 0 Å². The van der Waals surface area contributed by atoms with Crippen LogP contribution < -0.4 is 16.3 Å². The Morgan fingerprint density at radius 3 is 2.06 bits per heavy atom. The minimum Gasteiger partial charge on any atom is -0.398 e. The first-order chi connectivity index (χ1) is 23.7. The largest absolute Gasteiger partial charge is 0.418 e. The van der Waals surface area contributed by atoms with Gasteiger partial charge in [-0.2, -0.15) is 26.3 Å². The summed E-state index contributed by atoms with van der Waals surface area (Å²) in [5, 5.41) is 0. The van der Waals surface area contributed by atoms with Crippen molar-refractivity contribution in [2.45, 2.75) is 44.1 Å². The number of carbonyl (C=O) groups excluding carboxylic acids is 2. The normalized spacial score (nSPS) is 17.0. The van der Waals surface area contributed by atoms with Crippen molar-refractivity contribution in [3.63, 3.8) is 0 Å². The van der Waals surface area contributed by atoms with Gasteiger partial charge in [-0.3, -0.25) is 19.1 Å². The first-order valence-corrected chi connectivity index (χ1v) is 16.2. The van der Waals surface area contributed by atoms with Gasteiger partial charge >= 0.3 is 18.0 Å². The number of aromatic nitrogens is 3. The first kappa shape index (κ1) is 34.8. The molecule has 4 heterocycles. The van der Waals surface area contributed by atoms with Crippen LogP contribution in [0.15, 0.2) is 65.7 Å². The van der Waals surface area contributed by atoms with Crippen LogP contribution in [0.2, 0.25) is 0 Å². The monoisotopic (exact) mass is 703 g/mol. The topological polar surface area (TPSA) is 121 Å². The van der Waals surface area contributed by atoms with Crippen molar-refractivity contribution >= 4 is 34.2 Å². The maximum Gasteiger partial charge on any atom is 0.418 e. The number of carbonyl (C=O) groups is 2. The second-order valence-corrected chi connectivity index (χ2v) is 12.7. The highest BCUT2D eigenvalue weighted by molar-refractivity contribution is 5.86. The smallest absolute Gasteiger partial charge is 0.398 e. The van der Waals surface area contributed by atoms with Crippen LogP contribution in [-0.4, -0.2) is 75.4 Å². The molecule has 4 aromatic rings. The maximum atomic E-state index is 14.0. The highest BCUT2D eigenvalue weighted by Gasteiger charge is 2.41. The predicted octanol–water partition coefficient (Wildman–Crippen LogP) is 5.11. The lowest BCUT2D eigenvalue weighted by Crippen LogP contribution is -2.51. The third kappa shape index (κ3) is 7.28. The van der Waals surface area contributed by atoms with E-state index in [0.29, 0.717) is 43.6 Å². The van der Waals surface area contributed by atoms with Crippen molar-refractivity contribution in [3.8, 4) is 0 Å². The van der Waals surface area contributed by atoms with Crippen LogP contribution in [-0.2, 0) is 28.4 Å². The summed E-state index contributed by atoms with van der Waals surface area (Å²) < 4.78 is 84.7. The Kier molecular flexibility index (Phi) is 9.55. The number of nitrogen functional groups attached to an aromatic ring is 1. The quantitative estimate of drug-likeness (QED) is 0.204. The highest BCUT2D eigenvalue weighted by Crippen LogP contribution is 2.42. The Morgan fingerprint density at radius 1 is 0.860 bits per heavy atom. The Morgan fingerprint density at radius 2 is 1.46 bits per heavy atom. The van der Waals surface area contributed by atoms with Gasteiger partial charge in [-0.1, -0.05) is 12.1 Å². The number of fused-ring (bicyclic) bond motifs is 1. The van der Waals surface area contributed by atoms with Gasteiger partial charge in [-0.05, 0) is 61.2 Å². The van der Waals surface area contributed by atoms with Crippen LogP contribution in [0, 0.1) is 5.92 Å². The maximum absolute atomic E-state index is 14.0. The van der Waals surface area contributed by atoms with Crippen molar-refractivity contribution < 1.29 is 35.9 Å². The number of rotatable bonds is 7. The number of piperazine rings is 1. The average molecular weight is 704 g/mol. The van der Waals surface area contributed by atoms with Crippen LogP contribution in [0.1, 0.15) is 42.0 Å². The number of nitrogens with two attached hydrogens (primary N) is 1. The lowest BCUT2D eigenvalue weighted by molar-refractivity contribution is -0.142. The Bertz CT molecular complexity index is 1870. The van der Waals surface area contributed by atoms with E-state index in [-0.39, 0.29) is 37.9 Å². The zero-order chi connectivity index (χ0) is 35.8. The molecule has 0 bridgehead atoms. The zero-order valence-corrected chi connectivity index (χ0v) is 26.8. The highest BCUT2D eigenvalue weighted by atomic mass is 19.4. The van der Waals surface area contributed by atoms with E-state index < -0.39 is 65.3 Å². The molecule has 2 aromatic carbocycles. The summed E-state index contributed by atoms with van der Waals surface area (Å²) in [5.74, 6) is -2.23. The summed E-state index contributed by atoms with van der Waals surface area (Å²) in [4.78, 5) is 52.3. The summed E-state index contributed by atoms with van der Waals surface area (Å²) >= 11 is 0. The number of hydrogen-bond donors (Lipinski definition) is 2. The third-order valence-corrected chi connectivity index (χ3v) is 9.53. The summed E-state index contributed by atoms with van der Waals surface area (Å²) in [6.45, 7) is 1.82. The number of pyridine rings is 1. The molecule has 2 aliphatic rings. The number of nitrogens with zero attached hydrogens (tertiary/aromatic N) is 5. The zero-order valence-electron chi connectivity index (χ0n) is 26.8. The van der Waals surface area contributed by atoms with Gasteiger partial charge in [0, 0.05) is 69.8 Å². The fourth-order valence-electron chi connectivity index (χ4n) is 6.98. The number of benzene rings is 2. The summed E-state index contributed by atoms with van der Waals surface area (Å²) in [5.41, 5.74) is 2.23. The fourth-order valence-corrected chi connectivity index (χ4v) is 6.98. The molecule has 0 aliphatic carbocycles. The standard InChI is InChI=1S/C34H35F6N7O3/c35-33(36,37)25-18-21(19-26(30(25)41)34(38,39)40)17-22(31(49)46-15-13-44(14-16-46)23-5-9-42-10-6-23)20-29(48)45-11-7-24(8-12-45)47-28-4-2-1-3-27(28)43-32(47)50/h1-6,9-10,18-19,22,24H,7-8,11-17,20,41H2,(H,43,50)/t22-/m0/s1. The number of aromatic amines is 1. The molecule has 0 radical (unpaired) electrons. The van der Waals surface area contributed by atoms with Crippen LogP contribution in [0.4, 0.5) is 37.7 Å². The predicted molar refractivity (Wildman–Crippen MR) is 173 cm³/mol. The number of anilines is 2. The number of likely N-dealkylation sites (tertiary alicyclic amines) is 1. The van der Waals surface area contributed by atoms with E-state index >= 15 is 0 Å². The number of amides is 2. The molecule has 50 heavy (non-hydrogen) atoms. The number of hydrogen-bond acceptors (Lipinski definition) is 6.